The van der Waals surface area contributed by atoms with E-state index < -0.39 is 0 Å². The van der Waals surface area contributed by atoms with Crippen LogP contribution >= 0.6 is 0 Å². The van der Waals surface area contributed by atoms with E-state index in [-0.39, 0.29) is 0 Å². The summed E-state index contributed by atoms with van der Waals surface area (Å²) in [4.78, 5) is 20.0. The maximum Gasteiger partial charge on any atom is 0.185 e. The number of carbonyl (C=O) groups excluding carboxylic acids is 2. The fraction of sp³-hybridized carbons (Fsp3) is 0.0769. The van der Waals surface area contributed by atoms with Crippen LogP contribution in [0, 0.1) is 6.92 Å². The maximum atomic E-state index is 10.0. The van der Waals surface area contributed by atoms with Gasteiger partial charge >= 0.3 is 0 Å². The Bertz CT molecular complexity index is 443. The van der Waals surface area contributed by atoms with Crippen molar-refractivity contribution in [1.29, 1.82) is 0 Å². The zero-order chi connectivity index (χ0) is 11.8. The van der Waals surface area contributed by atoms with E-state index in [0.29, 0.717) is 12.0 Å². The van der Waals surface area contributed by atoms with Gasteiger partial charge in [-0.1, -0.05) is 30.3 Å². The van der Waals surface area contributed by atoms with Crippen LogP contribution in [0.1, 0.15) is 26.5 Å². The molecule has 0 unspecified atom stereocenters. The number of carbonyl (C=O) groups is 2. The van der Waals surface area contributed by atoms with E-state index in [1.165, 1.54) is 6.26 Å². The minimum absolute atomic E-state index is 0.421. The topological polar surface area (TPSA) is 47.3 Å². The first-order valence-electron chi connectivity index (χ1n) is 4.77. The maximum absolute atomic E-state index is 10.0. The van der Waals surface area contributed by atoms with Crippen LogP contribution in [0.15, 0.2) is 47.1 Å². The Morgan fingerprint density at radius 2 is 1.69 bits per heavy atom. The highest BCUT2D eigenvalue weighted by molar-refractivity contribution is 5.74. The predicted molar refractivity (Wildman–Crippen MR) is 60.7 cm³/mol. The standard InChI is InChI=1S/C7H6O.C6H6O2/c8-6-7-4-2-1-3-5-7;1-5-2-3-8-6(5)4-7/h1-6H;2-4H,1H3. The van der Waals surface area contributed by atoms with Crippen LogP contribution in [0.2, 0.25) is 0 Å². The highest BCUT2D eigenvalue weighted by Gasteiger charge is 1.95. The van der Waals surface area contributed by atoms with Gasteiger partial charge in [-0.05, 0) is 18.6 Å². The van der Waals surface area contributed by atoms with Crippen molar-refractivity contribution >= 4 is 12.6 Å². The van der Waals surface area contributed by atoms with Crippen LogP contribution < -0.4 is 0 Å². The van der Waals surface area contributed by atoms with Gasteiger partial charge in [0.05, 0.1) is 6.26 Å². The van der Waals surface area contributed by atoms with Crippen LogP contribution in [0.3, 0.4) is 0 Å². The monoisotopic (exact) mass is 216 g/mol. The molecule has 0 N–H and O–H groups in total. The fourth-order valence-corrected chi connectivity index (χ4v) is 1.04. The Hall–Kier alpha value is -2.16. The molecule has 0 atom stereocenters. The van der Waals surface area contributed by atoms with Gasteiger partial charge in [0.25, 0.3) is 0 Å². The third-order valence-corrected chi connectivity index (χ3v) is 1.94. The van der Waals surface area contributed by atoms with Crippen molar-refractivity contribution in [3.05, 3.63) is 59.5 Å². The summed E-state index contributed by atoms with van der Waals surface area (Å²) in [6.45, 7) is 1.83. The van der Waals surface area contributed by atoms with E-state index in [9.17, 15) is 9.59 Å². The zero-order valence-corrected chi connectivity index (χ0v) is 8.92. The van der Waals surface area contributed by atoms with Crippen LogP contribution in [0.5, 0.6) is 0 Å². The number of aldehydes is 2. The number of furan rings is 1. The number of benzene rings is 1. The van der Waals surface area contributed by atoms with Gasteiger partial charge in [-0.15, -0.1) is 0 Å². The minimum Gasteiger partial charge on any atom is -0.461 e. The predicted octanol–water partition coefficient (Wildman–Crippen LogP) is 2.90. The van der Waals surface area contributed by atoms with Gasteiger partial charge in [0.15, 0.2) is 12.0 Å². The summed E-state index contributed by atoms with van der Waals surface area (Å²) < 4.78 is 4.75. The van der Waals surface area contributed by atoms with Gasteiger partial charge in [0.1, 0.15) is 6.29 Å². The second-order valence-electron chi connectivity index (χ2n) is 3.11. The second kappa shape index (κ2) is 6.35. The molecule has 16 heavy (non-hydrogen) atoms. The zero-order valence-electron chi connectivity index (χ0n) is 8.92. The van der Waals surface area contributed by atoms with Gasteiger partial charge in [-0.25, -0.2) is 0 Å². The molecule has 0 aliphatic heterocycles. The Labute approximate surface area is 93.7 Å². The number of rotatable bonds is 2. The van der Waals surface area contributed by atoms with Gasteiger partial charge in [0.2, 0.25) is 0 Å². The van der Waals surface area contributed by atoms with Crippen molar-refractivity contribution in [3.63, 3.8) is 0 Å². The van der Waals surface area contributed by atoms with Crippen molar-refractivity contribution < 1.29 is 14.0 Å². The first-order valence-corrected chi connectivity index (χ1v) is 4.77. The van der Waals surface area contributed by atoms with Crippen LogP contribution in [0.25, 0.3) is 0 Å². The highest BCUT2D eigenvalue weighted by Crippen LogP contribution is 2.03. The third kappa shape index (κ3) is 3.53. The molecule has 3 nitrogen and oxygen atoms in total. The van der Waals surface area contributed by atoms with Crippen LogP contribution in [0.4, 0.5) is 0 Å². The fourth-order valence-electron chi connectivity index (χ4n) is 1.04. The van der Waals surface area contributed by atoms with Gasteiger partial charge < -0.3 is 4.42 Å². The van der Waals surface area contributed by atoms with Gasteiger partial charge in [-0.2, -0.15) is 0 Å². The molecule has 0 radical (unpaired) electrons. The van der Waals surface area contributed by atoms with E-state index in [2.05, 4.69) is 0 Å². The molecule has 1 aromatic carbocycles. The van der Waals surface area contributed by atoms with Crippen molar-refractivity contribution in [2.75, 3.05) is 0 Å². The molecule has 0 amide bonds. The van der Waals surface area contributed by atoms with Crippen molar-refractivity contribution in [3.8, 4) is 0 Å². The molecule has 82 valence electrons. The summed E-state index contributed by atoms with van der Waals surface area (Å²) in [5.74, 6) is 0.421. The van der Waals surface area contributed by atoms with Crippen molar-refractivity contribution in [1.82, 2.24) is 0 Å². The first kappa shape index (κ1) is 11.9. The smallest absolute Gasteiger partial charge is 0.185 e. The molecule has 0 saturated heterocycles. The minimum atomic E-state index is 0.421. The van der Waals surface area contributed by atoms with E-state index in [1.807, 2.05) is 25.1 Å². The Morgan fingerprint density at radius 3 is 2.00 bits per heavy atom. The van der Waals surface area contributed by atoms with E-state index in [4.69, 9.17) is 4.42 Å². The SMILES string of the molecule is Cc1ccoc1C=O.O=Cc1ccccc1. The summed E-state index contributed by atoms with van der Waals surface area (Å²) in [6, 6.07) is 10.9. The summed E-state index contributed by atoms with van der Waals surface area (Å²) >= 11 is 0. The number of hydrogen-bond donors (Lipinski definition) is 0. The Morgan fingerprint density at radius 1 is 1.00 bits per heavy atom. The molecular weight excluding hydrogens is 204 g/mol. The van der Waals surface area contributed by atoms with Gasteiger partial charge in [0, 0.05) is 5.56 Å². The van der Waals surface area contributed by atoms with E-state index in [1.54, 1.807) is 18.2 Å². The largest absolute Gasteiger partial charge is 0.461 e. The molecule has 0 aliphatic rings. The molecule has 0 fully saturated rings. The molecule has 0 saturated carbocycles. The summed E-state index contributed by atoms with van der Waals surface area (Å²) in [6.07, 6.45) is 3.04. The molecular formula is C13H12O3. The van der Waals surface area contributed by atoms with Crippen molar-refractivity contribution in [2.24, 2.45) is 0 Å². The van der Waals surface area contributed by atoms with Crippen molar-refractivity contribution in [2.45, 2.75) is 6.92 Å². The van der Waals surface area contributed by atoms with E-state index in [0.717, 1.165) is 17.4 Å². The molecule has 1 aromatic heterocycles. The molecule has 2 aromatic rings. The molecule has 0 spiro atoms. The molecule has 0 bridgehead atoms. The lowest BCUT2D eigenvalue weighted by atomic mass is 10.2. The lowest BCUT2D eigenvalue weighted by Gasteiger charge is -1.81. The highest BCUT2D eigenvalue weighted by atomic mass is 16.3. The third-order valence-electron chi connectivity index (χ3n) is 1.94. The summed E-state index contributed by atoms with van der Waals surface area (Å²) in [5, 5.41) is 0. The molecule has 2 rings (SSSR count). The van der Waals surface area contributed by atoms with Crippen LogP contribution in [-0.4, -0.2) is 12.6 Å². The molecule has 0 aliphatic carbocycles. The number of aryl methyl sites for hydroxylation is 1. The Balaban J connectivity index is 0.000000160. The summed E-state index contributed by atoms with van der Waals surface area (Å²) in [5.41, 5.74) is 1.62. The molecule has 3 heteroatoms. The van der Waals surface area contributed by atoms with Gasteiger partial charge in [-0.3, -0.25) is 9.59 Å². The quantitative estimate of drug-likeness (QED) is 0.725. The normalized spacial score (nSPS) is 8.81. The van der Waals surface area contributed by atoms with Crippen LogP contribution in [-0.2, 0) is 0 Å². The first-order chi connectivity index (χ1) is 7.77. The molecule has 1 heterocycles. The van der Waals surface area contributed by atoms with E-state index >= 15 is 0 Å². The lowest BCUT2D eigenvalue weighted by molar-refractivity contribution is 0.109. The number of hydrogen-bond acceptors (Lipinski definition) is 3. The average molecular weight is 216 g/mol. The Kier molecular flexibility index (Phi) is 4.73. The summed E-state index contributed by atoms with van der Waals surface area (Å²) in [7, 11) is 0. The average Bonchev–Trinajstić information content (AvgIpc) is 2.76. The lowest BCUT2D eigenvalue weighted by Crippen LogP contribution is -1.74. The second-order valence-corrected chi connectivity index (χ2v) is 3.11.